The Kier molecular flexibility index (Phi) is 4.07. The Morgan fingerprint density at radius 1 is 1.14 bits per heavy atom. The zero-order chi connectivity index (χ0) is 15.4. The van der Waals surface area contributed by atoms with Crippen LogP contribution in [0.15, 0.2) is 34.0 Å². The molecule has 21 heavy (non-hydrogen) atoms. The zero-order valence-corrected chi connectivity index (χ0v) is 11.4. The van der Waals surface area contributed by atoms with Crippen LogP contribution in [0, 0.1) is 0 Å². The molecule has 0 spiro atoms. The van der Waals surface area contributed by atoms with Gasteiger partial charge in [0.1, 0.15) is 5.69 Å². The van der Waals surface area contributed by atoms with Crippen molar-refractivity contribution < 1.29 is 14.3 Å². The number of methoxy groups -OCH3 is 2. The van der Waals surface area contributed by atoms with Crippen LogP contribution in [-0.2, 0) is 0 Å². The highest BCUT2D eigenvalue weighted by atomic mass is 16.5. The molecule has 8 heteroatoms. The van der Waals surface area contributed by atoms with Crippen LogP contribution in [0.5, 0.6) is 11.5 Å². The molecule has 8 nitrogen and oxygen atoms in total. The van der Waals surface area contributed by atoms with E-state index in [4.69, 9.17) is 9.47 Å². The van der Waals surface area contributed by atoms with Gasteiger partial charge < -0.3 is 19.8 Å². The number of rotatable bonds is 4. The summed E-state index contributed by atoms with van der Waals surface area (Å²) in [6, 6.07) is 4.58. The van der Waals surface area contributed by atoms with Crippen molar-refractivity contribution in [2.75, 3.05) is 19.5 Å². The van der Waals surface area contributed by atoms with Gasteiger partial charge in [-0.3, -0.25) is 14.6 Å². The lowest BCUT2D eigenvalue weighted by Crippen LogP contribution is -2.26. The van der Waals surface area contributed by atoms with Crippen molar-refractivity contribution in [3.05, 3.63) is 50.8 Å². The van der Waals surface area contributed by atoms with Gasteiger partial charge in [0.2, 0.25) is 0 Å². The molecular formula is C13H13N3O5. The summed E-state index contributed by atoms with van der Waals surface area (Å²) < 4.78 is 10.2. The van der Waals surface area contributed by atoms with Gasteiger partial charge in [0.05, 0.1) is 14.2 Å². The summed E-state index contributed by atoms with van der Waals surface area (Å²) in [5.74, 6) is 0.352. The first-order valence-corrected chi connectivity index (χ1v) is 5.90. The second-order valence-corrected chi connectivity index (χ2v) is 4.01. The van der Waals surface area contributed by atoms with Gasteiger partial charge in [-0.2, -0.15) is 0 Å². The summed E-state index contributed by atoms with van der Waals surface area (Å²) in [7, 11) is 2.93. The van der Waals surface area contributed by atoms with Gasteiger partial charge in [0.15, 0.2) is 11.5 Å². The Morgan fingerprint density at radius 2 is 1.86 bits per heavy atom. The average Bonchev–Trinajstić information content (AvgIpc) is 2.49. The third-order valence-corrected chi connectivity index (χ3v) is 2.71. The van der Waals surface area contributed by atoms with E-state index in [2.05, 4.69) is 10.3 Å². The Morgan fingerprint density at radius 3 is 2.48 bits per heavy atom. The van der Waals surface area contributed by atoms with Gasteiger partial charge in [0.25, 0.3) is 11.5 Å². The van der Waals surface area contributed by atoms with Gasteiger partial charge in [-0.25, -0.2) is 4.79 Å². The van der Waals surface area contributed by atoms with Gasteiger partial charge in [0, 0.05) is 11.8 Å². The number of benzene rings is 1. The normalized spacial score (nSPS) is 10.0. The van der Waals surface area contributed by atoms with E-state index in [0.717, 1.165) is 6.20 Å². The number of carbonyl (C=O) groups excluding carboxylic acids is 1. The fraction of sp³-hybridized carbons (Fsp3) is 0.154. The molecule has 0 aliphatic heterocycles. The van der Waals surface area contributed by atoms with Crippen molar-refractivity contribution >= 4 is 11.6 Å². The van der Waals surface area contributed by atoms with Gasteiger partial charge in [-0.1, -0.05) is 0 Å². The topological polar surface area (TPSA) is 113 Å². The lowest BCUT2D eigenvalue weighted by Gasteiger charge is -2.09. The van der Waals surface area contributed by atoms with Crippen molar-refractivity contribution in [1.82, 2.24) is 9.97 Å². The molecule has 2 aromatic rings. The summed E-state index contributed by atoms with van der Waals surface area (Å²) in [4.78, 5) is 38.7. The lowest BCUT2D eigenvalue weighted by molar-refractivity contribution is 0.102. The predicted octanol–water partition coefficient (Wildman–Crippen LogP) is 0.333. The third kappa shape index (κ3) is 3.11. The molecule has 0 atom stereocenters. The molecule has 0 radical (unpaired) electrons. The monoisotopic (exact) mass is 291 g/mol. The van der Waals surface area contributed by atoms with E-state index < -0.39 is 17.2 Å². The Labute approximate surface area is 118 Å². The van der Waals surface area contributed by atoms with Crippen LogP contribution in [0.2, 0.25) is 0 Å². The second kappa shape index (κ2) is 5.95. The highest BCUT2D eigenvalue weighted by Gasteiger charge is 2.12. The molecule has 2 rings (SSSR count). The molecule has 1 aromatic heterocycles. The number of hydrogen-bond donors (Lipinski definition) is 3. The van der Waals surface area contributed by atoms with Gasteiger partial charge in [-0.05, 0) is 18.2 Å². The maximum Gasteiger partial charge on any atom is 0.325 e. The minimum absolute atomic E-state index is 0.0608. The number of nitrogens with one attached hydrogen (secondary N) is 3. The van der Waals surface area contributed by atoms with Crippen LogP contribution in [0.1, 0.15) is 10.4 Å². The molecule has 0 fully saturated rings. The number of aromatic nitrogens is 2. The molecule has 0 aliphatic carbocycles. The smallest absolute Gasteiger partial charge is 0.325 e. The number of aromatic amines is 2. The van der Waals surface area contributed by atoms with E-state index in [1.54, 1.807) is 6.07 Å². The molecule has 110 valence electrons. The lowest BCUT2D eigenvalue weighted by atomic mass is 10.2. The maximum absolute atomic E-state index is 12.1. The minimum Gasteiger partial charge on any atom is -0.493 e. The molecule has 0 saturated heterocycles. The van der Waals surface area contributed by atoms with Crippen molar-refractivity contribution in [3.8, 4) is 11.5 Å². The van der Waals surface area contributed by atoms with Crippen LogP contribution in [-0.4, -0.2) is 30.1 Å². The molecule has 0 saturated carbocycles. The summed E-state index contributed by atoms with van der Waals surface area (Å²) in [5.41, 5.74) is -1.12. The number of anilines is 1. The summed E-state index contributed by atoms with van der Waals surface area (Å²) in [6.07, 6.45) is 1.12. The van der Waals surface area contributed by atoms with E-state index in [1.165, 1.54) is 26.4 Å². The standard InChI is InChI=1S/C13H13N3O5/c1-20-9-4-3-7(5-10(9)21-2)11(17)15-8-6-14-13(19)16-12(8)18/h3-6H,1-2H3,(H,15,17)(H2,14,16,18,19). The molecule has 0 aliphatic rings. The predicted molar refractivity (Wildman–Crippen MR) is 75.2 cm³/mol. The van der Waals surface area contributed by atoms with E-state index >= 15 is 0 Å². The molecule has 0 unspecified atom stereocenters. The van der Waals surface area contributed by atoms with Crippen LogP contribution >= 0.6 is 0 Å². The van der Waals surface area contributed by atoms with Gasteiger partial charge >= 0.3 is 5.69 Å². The SMILES string of the molecule is COc1ccc(C(=O)Nc2c[nH]c(=O)[nH]c2=O)cc1OC. The molecule has 3 N–H and O–H groups in total. The van der Waals surface area contributed by atoms with E-state index in [1.807, 2.05) is 4.98 Å². The first-order chi connectivity index (χ1) is 10.0. The maximum atomic E-state index is 12.1. The van der Waals surface area contributed by atoms with Crippen molar-refractivity contribution in [2.24, 2.45) is 0 Å². The summed E-state index contributed by atoms with van der Waals surface area (Å²) in [5, 5.41) is 2.39. The van der Waals surface area contributed by atoms with Crippen LogP contribution in [0.3, 0.4) is 0 Å². The molecule has 1 amide bonds. The van der Waals surface area contributed by atoms with Crippen LogP contribution in [0.4, 0.5) is 5.69 Å². The van der Waals surface area contributed by atoms with Gasteiger partial charge in [-0.15, -0.1) is 0 Å². The Balaban J connectivity index is 2.28. The number of carbonyl (C=O) groups is 1. The number of hydrogen-bond acceptors (Lipinski definition) is 5. The van der Waals surface area contributed by atoms with Crippen molar-refractivity contribution in [3.63, 3.8) is 0 Å². The number of H-pyrrole nitrogens is 2. The molecular weight excluding hydrogens is 278 g/mol. The highest BCUT2D eigenvalue weighted by Crippen LogP contribution is 2.27. The van der Waals surface area contributed by atoms with Crippen LogP contribution in [0.25, 0.3) is 0 Å². The molecule has 1 aromatic carbocycles. The van der Waals surface area contributed by atoms with E-state index in [0.29, 0.717) is 11.5 Å². The van der Waals surface area contributed by atoms with Crippen LogP contribution < -0.4 is 26.0 Å². The summed E-state index contributed by atoms with van der Waals surface area (Å²) in [6.45, 7) is 0. The minimum atomic E-state index is -0.687. The first-order valence-electron chi connectivity index (χ1n) is 5.90. The van der Waals surface area contributed by atoms with Crippen molar-refractivity contribution in [2.45, 2.75) is 0 Å². The fourth-order valence-corrected chi connectivity index (χ4v) is 1.67. The largest absolute Gasteiger partial charge is 0.493 e. The average molecular weight is 291 g/mol. The Bertz CT molecular complexity index is 778. The number of ether oxygens (including phenoxy) is 2. The first kappa shape index (κ1) is 14.4. The molecule has 1 heterocycles. The van der Waals surface area contributed by atoms with E-state index in [-0.39, 0.29) is 11.3 Å². The second-order valence-electron chi connectivity index (χ2n) is 4.01. The number of amides is 1. The zero-order valence-electron chi connectivity index (χ0n) is 11.4. The Hall–Kier alpha value is -3.03. The highest BCUT2D eigenvalue weighted by molar-refractivity contribution is 6.04. The molecule has 0 bridgehead atoms. The van der Waals surface area contributed by atoms with E-state index in [9.17, 15) is 14.4 Å². The third-order valence-electron chi connectivity index (χ3n) is 2.71. The fourth-order valence-electron chi connectivity index (χ4n) is 1.67. The quantitative estimate of drug-likeness (QED) is 0.751. The summed E-state index contributed by atoms with van der Waals surface area (Å²) >= 11 is 0. The van der Waals surface area contributed by atoms with Crippen molar-refractivity contribution in [1.29, 1.82) is 0 Å².